The van der Waals surface area contributed by atoms with Gasteiger partial charge in [0.1, 0.15) is 12.7 Å². The van der Waals surface area contributed by atoms with Crippen LogP contribution < -0.4 is 14.8 Å². The summed E-state index contributed by atoms with van der Waals surface area (Å²) in [6.45, 7) is 6.70. The zero-order valence-corrected chi connectivity index (χ0v) is 13.7. The van der Waals surface area contributed by atoms with Gasteiger partial charge in [0.2, 0.25) is 0 Å². The van der Waals surface area contributed by atoms with E-state index in [1.54, 1.807) is 18.2 Å². The molecular formula is C15H23ClN2O3. The van der Waals surface area contributed by atoms with Crippen LogP contribution in [-0.4, -0.2) is 37.0 Å². The van der Waals surface area contributed by atoms with Crippen LogP contribution in [0.25, 0.3) is 0 Å². The molecule has 0 saturated heterocycles. The number of nitriles is 1. The Morgan fingerprint density at radius 2 is 2.00 bits per heavy atom. The fraction of sp³-hybridized carbons (Fsp3) is 0.533. The first-order chi connectivity index (χ1) is 9.35. The molecule has 1 aromatic carbocycles. The van der Waals surface area contributed by atoms with E-state index in [0.29, 0.717) is 23.6 Å². The summed E-state index contributed by atoms with van der Waals surface area (Å²) in [5, 5.41) is 21.9. The SMILES string of the molecule is COc1cc(C#N)ccc1OCC(O)CNC(C)(C)C.Cl. The topological polar surface area (TPSA) is 74.5 Å². The normalized spacial score (nSPS) is 12.0. The smallest absolute Gasteiger partial charge is 0.162 e. The van der Waals surface area contributed by atoms with Gasteiger partial charge in [-0.3, -0.25) is 0 Å². The van der Waals surface area contributed by atoms with Gasteiger partial charge in [0, 0.05) is 18.2 Å². The average molecular weight is 315 g/mol. The highest BCUT2D eigenvalue weighted by atomic mass is 35.5. The number of rotatable bonds is 6. The fourth-order valence-electron chi connectivity index (χ4n) is 1.53. The zero-order chi connectivity index (χ0) is 15.2. The molecular weight excluding hydrogens is 292 g/mol. The van der Waals surface area contributed by atoms with Crippen LogP contribution in [0.3, 0.4) is 0 Å². The highest BCUT2D eigenvalue weighted by Crippen LogP contribution is 2.27. The molecule has 2 N–H and O–H groups in total. The maximum atomic E-state index is 9.86. The first kappa shape index (κ1) is 19.5. The zero-order valence-electron chi connectivity index (χ0n) is 12.8. The Morgan fingerprint density at radius 1 is 1.33 bits per heavy atom. The van der Waals surface area contributed by atoms with E-state index >= 15 is 0 Å². The minimum Gasteiger partial charge on any atom is -0.493 e. The first-order valence-electron chi connectivity index (χ1n) is 6.50. The molecule has 1 aromatic rings. The molecule has 0 aliphatic carbocycles. The lowest BCUT2D eigenvalue weighted by molar-refractivity contribution is 0.0985. The van der Waals surface area contributed by atoms with Gasteiger partial charge in [-0.05, 0) is 32.9 Å². The number of nitrogens with one attached hydrogen (secondary N) is 1. The van der Waals surface area contributed by atoms with Gasteiger partial charge in [0.05, 0.1) is 18.7 Å². The van der Waals surface area contributed by atoms with Gasteiger partial charge >= 0.3 is 0 Å². The molecule has 1 unspecified atom stereocenters. The number of hydrogen-bond acceptors (Lipinski definition) is 5. The van der Waals surface area contributed by atoms with Crippen molar-refractivity contribution in [3.8, 4) is 17.6 Å². The predicted molar refractivity (Wildman–Crippen MR) is 84.2 cm³/mol. The summed E-state index contributed by atoms with van der Waals surface area (Å²) in [6.07, 6.45) is -0.616. The van der Waals surface area contributed by atoms with Crippen molar-refractivity contribution < 1.29 is 14.6 Å². The molecule has 1 atom stereocenters. The van der Waals surface area contributed by atoms with Crippen molar-refractivity contribution in [3.63, 3.8) is 0 Å². The standard InChI is InChI=1S/C15H22N2O3.ClH/c1-15(2,3)17-9-12(18)10-20-13-6-5-11(8-16)7-14(13)19-4;/h5-7,12,17-18H,9-10H2,1-4H3;1H. The Labute approximate surface area is 132 Å². The summed E-state index contributed by atoms with van der Waals surface area (Å²) < 4.78 is 10.7. The Bertz CT molecular complexity index is 481. The molecule has 0 aromatic heterocycles. The summed E-state index contributed by atoms with van der Waals surface area (Å²) >= 11 is 0. The lowest BCUT2D eigenvalue weighted by atomic mass is 10.1. The van der Waals surface area contributed by atoms with Crippen molar-refractivity contribution in [2.45, 2.75) is 32.4 Å². The molecule has 0 saturated carbocycles. The van der Waals surface area contributed by atoms with Crippen LogP contribution in [0.2, 0.25) is 0 Å². The summed E-state index contributed by atoms with van der Waals surface area (Å²) in [6, 6.07) is 6.96. The lowest BCUT2D eigenvalue weighted by Gasteiger charge is -2.23. The summed E-state index contributed by atoms with van der Waals surface area (Å²) in [5.74, 6) is 1.00. The second-order valence-corrected chi connectivity index (χ2v) is 5.57. The highest BCUT2D eigenvalue weighted by Gasteiger charge is 2.13. The van der Waals surface area contributed by atoms with E-state index in [0.717, 1.165) is 0 Å². The van der Waals surface area contributed by atoms with Crippen LogP contribution >= 0.6 is 12.4 Å². The maximum Gasteiger partial charge on any atom is 0.162 e. The van der Waals surface area contributed by atoms with Gasteiger partial charge in [-0.15, -0.1) is 12.4 Å². The number of β-amino-alcohol motifs (C(OH)–C–C–N with tert-alkyl or cyclic N) is 1. The summed E-state index contributed by atoms with van der Waals surface area (Å²) in [4.78, 5) is 0. The number of aliphatic hydroxyl groups excluding tert-OH is 1. The number of aliphatic hydroxyl groups is 1. The molecule has 0 bridgehead atoms. The van der Waals surface area contributed by atoms with E-state index < -0.39 is 6.10 Å². The van der Waals surface area contributed by atoms with Crippen LogP contribution in [0.5, 0.6) is 11.5 Å². The lowest BCUT2D eigenvalue weighted by Crippen LogP contribution is -2.42. The molecule has 21 heavy (non-hydrogen) atoms. The Balaban J connectivity index is 0.00000400. The molecule has 0 fully saturated rings. The maximum absolute atomic E-state index is 9.86. The van der Waals surface area contributed by atoms with Gasteiger partial charge in [-0.2, -0.15) is 5.26 Å². The van der Waals surface area contributed by atoms with E-state index in [9.17, 15) is 5.11 Å². The van der Waals surface area contributed by atoms with Gasteiger partial charge in [0.15, 0.2) is 11.5 Å². The largest absolute Gasteiger partial charge is 0.493 e. The Kier molecular flexibility index (Phi) is 8.11. The third-order valence-corrected chi connectivity index (χ3v) is 2.59. The quantitative estimate of drug-likeness (QED) is 0.841. The monoisotopic (exact) mass is 314 g/mol. The number of hydrogen-bond donors (Lipinski definition) is 2. The van der Waals surface area contributed by atoms with Crippen molar-refractivity contribution >= 4 is 12.4 Å². The second-order valence-electron chi connectivity index (χ2n) is 5.57. The minimum absolute atomic E-state index is 0. The van der Waals surface area contributed by atoms with Crippen LogP contribution in [0.15, 0.2) is 18.2 Å². The molecule has 0 aliphatic heterocycles. The van der Waals surface area contributed by atoms with Crippen molar-refractivity contribution in [1.29, 1.82) is 5.26 Å². The number of ether oxygens (including phenoxy) is 2. The Hall–Kier alpha value is -1.48. The van der Waals surface area contributed by atoms with Gasteiger partial charge in [-0.25, -0.2) is 0 Å². The van der Waals surface area contributed by atoms with Gasteiger partial charge in [0.25, 0.3) is 0 Å². The van der Waals surface area contributed by atoms with E-state index in [4.69, 9.17) is 14.7 Å². The molecule has 1 rings (SSSR count). The third kappa shape index (κ3) is 7.19. The minimum atomic E-state index is -0.616. The molecule has 0 heterocycles. The van der Waals surface area contributed by atoms with E-state index in [-0.39, 0.29) is 24.6 Å². The van der Waals surface area contributed by atoms with Crippen LogP contribution in [0.1, 0.15) is 26.3 Å². The first-order valence-corrected chi connectivity index (χ1v) is 6.50. The number of nitrogens with zero attached hydrogens (tertiary/aromatic N) is 1. The van der Waals surface area contributed by atoms with Gasteiger partial charge < -0.3 is 19.9 Å². The predicted octanol–water partition coefficient (Wildman–Crippen LogP) is 2.12. The molecule has 118 valence electrons. The van der Waals surface area contributed by atoms with Crippen molar-refractivity contribution in [3.05, 3.63) is 23.8 Å². The number of methoxy groups -OCH3 is 1. The molecule has 0 radical (unpaired) electrons. The number of benzene rings is 1. The average Bonchev–Trinajstić information content (AvgIpc) is 2.41. The van der Waals surface area contributed by atoms with E-state index in [1.807, 2.05) is 26.8 Å². The highest BCUT2D eigenvalue weighted by molar-refractivity contribution is 5.85. The molecule has 0 spiro atoms. The van der Waals surface area contributed by atoms with Crippen molar-refractivity contribution in [1.82, 2.24) is 5.32 Å². The van der Waals surface area contributed by atoms with Crippen molar-refractivity contribution in [2.75, 3.05) is 20.3 Å². The van der Waals surface area contributed by atoms with Crippen molar-refractivity contribution in [2.24, 2.45) is 0 Å². The van der Waals surface area contributed by atoms with Crippen LogP contribution in [0.4, 0.5) is 0 Å². The van der Waals surface area contributed by atoms with Crippen LogP contribution in [0, 0.1) is 11.3 Å². The second kappa shape index (κ2) is 8.73. The van der Waals surface area contributed by atoms with Gasteiger partial charge in [-0.1, -0.05) is 0 Å². The molecule has 0 aliphatic rings. The van der Waals surface area contributed by atoms with Crippen LogP contribution in [-0.2, 0) is 0 Å². The van der Waals surface area contributed by atoms with E-state index in [2.05, 4.69) is 5.32 Å². The Morgan fingerprint density at radius 3 is 2.52 bits per heavy atom. The molecule has 0 amide bonds. The number of halogens is 1. The fourth-order valence-corrected chi connectivity index (χ4v) is 1.53. The molecule has 6 heteroatoms. The van der Waals surface area contributed by atoms with E-state index in [1.165, 1.54) is 7.11 Å². The molecule has 5 nitrogen and oxygen atoms in total. The summed E-state index contributed by atoms with van der Waals surface area (Å²) in [5.41, 5.74) is 0.455. The third-order valence-electron chi connectivity index (χ3n) is 2.59. The summed E-state index contributed by atoms with van der Waals surface area (Å²) in [7, 11) is 1.51.